The number of hydrogen-bond acceptors (Lipinski definition) is 3. The van der Waals surface area contributed by atoms with Crippen molar-refractivity contribution in [2.45, 2.75) is 31.7 Å². The summed E-state index contributed by atoms with van der Waals surface area (Å²) >= 11 is 0. The van der Waals surface area contributed by atoms with Crippen LogP contribution in [0.1, 0.15) is 29.9 Å². The average Bonchev–Trinajstić information content (AvgIpc) is 2.29. The molecule has 0 bridgehead atoms. The van der Waals surface area contributed by atoms with E-state index in [0.717, 1.165) is 17.1 Å². The van der Waals surface area contributed by atoms with Crippen molar-refractivity contribution in [2.24, 2.45) is 0 Å². The highest BCUT2D eigenvalue weighted by Crippen LogP contribution is 2.43. The number of aryl methyl sites for hydroxylation is 1. The van der Waals surface area contributed by atoms with Gasteiger partial charge < -0.3 is 14.8 Å². The van der Waals surface area contributed by atoms with Crippen LogP contribution >= 0.6 is 0 Å². The molecule has 0 amide bonds. The van der Waals surface area contributed by atoms with Crippen molar-refractivity contribution in [3.8, 4) is 11.5 Å². The summed E-state index contributed by atoms with van der Waals surface area (Å²) in [5, 5.41) is 3.31. The maximum Gasteiger partial charge on any atom is 0.122 e. The van der Waals surface area contributed by atoms with E-state index >= 15 is 0 Å². The summed E-state index contributed by atoms with van der Waals surface area (Å²) in [5.74, 6) is 2.54. The van der Waals surface area contributed by atoms with Crippen molar-refractivity contribution < 1.29 is 9.47 Å². The van der Waals surface area contributed by atoms with Gasteiger partial charge in [-0.1, -0.05) is 0 Å². The molecule has 1 fully saturated rings. The first kappa shape index (κ1) is 12.2. The van der Waals surface area contributed by atoms with Crippen molar-refractivity contribution in [3.05, 3.63) is 23.3 Å². The summed E-state index contributed by atoms with van der Waals surface area (Å²) in [7, 11) is 5.47. The van der Waals surface area contributed by atoms with Gasteiger partial charge in [0.15, 0.2) is 0 Å². The van der Waals surface area contributed by atoms with Gasteiger partial charge in [-0.25, -0.2) is 0 Å². The number of methoxy groups -OCH3 is 2. The van der Waals surface area contributed by atoms with Gasteiger partial charge in [0.1, 0.15) is 11.5 Å². The Hall–Kier alpha value is -1.22. The number of hydrogen-bond donors (Lipinski definition) is 1. The lowest BCUT2D eigenvalue weighted by atomic mass is 9.75. The molecule has 0 radical (unpaired) electrons. The number of benzene rings is 1. The van der Waals surface area contributed by atoms with E-state index in [0.29, 0.717) is 12.0 Å². The van der Waals surface area contributed by atoms with Crippen LogP contribution in [0.4, 0.5) is 0 Å². The molecule has 94 valence electrons. The molecule has 3 nitrogen and oxygen atoms in total. The normalized spacial score (nSPS) is 23.1. The Kier molecular flexibility index (Phi) is 3.57. The van der Waals surface area contributed by atoms with Crippen LogP contribution in [0.5, 0.6) is 11.5 Å². The molecule has 1 aromatic rings. The van der Waals surface area contributed by atoms with Crippen LogP contribution in [-0.4, -0.2) is 27.3 Å². The van der Waals surface area contributed by atoms with Crippen LogP contribution in [0, 0.1) is 6.92 Å². The van der Waals surface area contributed by atoms with Crippen molar-refractivity contribution in [3.63, 3.8) is 0 Å². The average molecular weight is 235 g/mol. The maximum atomic E-state index is 5.48. The molecule has 1 aliphatic carbocycles. The predicted molar refractivity (Wildman–Crippen MR) is 69.1 cm³/mol. The minimum absolute atomic E-state index is 0.594. The molecule has 1 aromatic carbocycles. The van der Waals surface area contributed by atoms with Gasteiger partial charge in [0.2, 0.25) is 0 Å². The first-order valence-electron chi connectivity index (χ1n) is 6.09. The first-order valence-corrected chi connectivity index (χ1v) is 6.09. The number of nitrogens with one attached hydrogen (secondary N) is 1. The van der Waals surface area contributed by atoms with E-state index in [1.807, 2.05) is 14.0 Å². The molecular formula is C14H21NO2. The van der Waals surface area contributed by atoms with Gasteiger partial charge in [-0.3, -0.25) is 0 Å². The van der Waals surface area contributed by atoms with Gasteiger partial charge in [0, 0.05) is 11.6 Å². The standard InChI is InChI=1S/C14H21NO2/c1-9-5-14(17-4)12(8-13(9)16-3)10-6-11(7-10)15-2/h5,8,10-11,15H,6-7H2,1-4H3. The lowest BCUT2D eigenvalue weighted by molar-refractivity contribution is 0.296. The van der Waals surface area contributed by atoms with Gasteiger partial charge >= 0.3 is 0 Å². The number of rotatable bonds is 4. The van der Waals surface area contributed by atoms with Crippen LogP contribution in [0.2, 0.25) is 0 Å². The van der Waals surface area contributed by atoms with Gasteiger partial charge in [0.25, 0.3) is 0 Å². The molecule has 1 aliphatic rings. The molecular weight excluding hydrogens is 214 g/mol. The monoisotopic (exact) mass is 235 g/mol. The molecule has 0 heterocycles. The quantitative estimate of drug-likeness (QED) is 0.869. The first-order chi connectivity index (χ1) is 8.19. The number of ether oxygens (including phenoxy) is 2. The summed E-state index contributed by atoms with van der Waals surface area (Å²) in [6.45, 7) is 2.04. The van der Waals surface area contributed by atoms with Crippen LogP contribution in [0.25, 0.3) is 0 Å². The highest BCUT2D eigenvalue weighted by Gasteiger charge is 2.31. The molecule has 1 saturated carbocycles. The summed E-state index contributed by atoms with van der Waals surface area (Å²) < 4.78 is 10.9. The Morgan fingerprint density at radius 3 is 2.29 bits per heavy atom. The fourth-order valence-electron chi connectivity index (χ4n) is 2.50. The lowest BCUT2D eigenvalue weighted by Crippen LogP contribution is -2.37. The molecule has 0 unspecified atom stereocenters. The van der Waals surface area contributed by atoms with E-state index in [1.54, 1.807) is 14.2 Å². The Labute approximate surface area is 103 Å². The minimum Gasteiger partial charge on any atom is -0.496 e. The SMILES string of the molecule is CNC1CC(c2cc(OC)c(C)cc2OC)C1. The van der Waals surface area contributed by atoms with Gasteiger partial charge in [-0.05, 0) is 50.4 Å². The second-order valence-electron chi connectivity index (χ2n) is 4.72. The van der Waals surface area contributed by atoms with Gasteiger partial charge in [-0.15, -0.1) is 0 Å². The molecule has 3 heteroatoms. The third-order valence-electron chi connectivity index (χ3n) is 3.73. The Morgan fingerprint density at radius 2 is 1.76 bits per heavy atom. The Balaban J connectivity index is 2.26. The third kappa shape index (κ3) is 2.25. The predicted octanol–water partition coefficient (Wildman–Crippen LogP) is 2.48. The smallest absolute Gasteiger partial charge is 0.122 e. The van der Waals surface area contributed by atoms with Crippen LogP contribution < -0.4 is 14.8 Å². The molecule has 0 aromatic heterocycles. The van der Waals surface area contributed by atoms with E-state index in [1.165, 1.54) is 18.4 Å². The Bertz CT molecular complexity index is 397. The highest BCUT2D eigenvalue weighted by atomic mass is 16.5. The summed E-state index contributed by atoms with van der Waals surface area (Å²) in [4.78, 5) is 0. The topological polar surface area (TPSA) is 30.5 Å². The van der Waals surface area contributed by atoms with Crippen LogP contribution in [0.15, 0.2) is 12.1 Å². The summed E-state index contributed by atoms with van der Waals surface area (Å²) in [6, 6.07) is 4.85. The van der Waals surface area contributed by atoms with Crippen LogP contribution in [0.3, 0.4) is 0 Å². The fraction of sp³-hybridized carbons (Fsp3) is 0.571. The van der Waals surface area contributed by atoms with Crippen molar-refractivity contribution in [1.82, 2.24) is 5.32 Å². The second kappa shape index (κ2) is 4.96. The Morgan fingerprint density at radius 1 is 1.12 bits per heavy atom. The molecule has 0 spiro atoms. The summed E-state index contributed by atoms with van der Waals surface area (Å²) in [5.41, 5.74) is 2.40. The zero-order valence-electron chi connectivity index (χ0n) is 11.0. The highest BCUT2D eigenvalue weighted by molar-refractivity contribution is 5.48. The largest absolute Gasteiger partial charge is 0.496 e. The van der Waals surface area contributed by atoms with Crippen molar-refractivity contribution in [1.29, 1.82) is 0 Å². The zero-order valence-corrected chi connectivity index (χ0v) is 11.0. The van der Waals surface area contributed by atoms with Crippen molar-refractivity contribution >= 4 is 0 Å². The second-order valence-corrected chi connectivity index (χ2v) is 4.72. The third-order valence-corrected chi connectivity index (χ3v) is 3.73. The molecule has 0 aliphatic heterocycles. The molecule has 0 atom stereocenters. The van der Waals surface area contributed by atoms with Gasteiger partial charge in [-0.2, -0.15) is 0 Å². The van der Waals surface area contributed by atoms with E-state index in [2.05, 4.69) is 17.4 Å². The van der Waals surface area contributed by atoms with Crippen molar-refractivity contribution in [2.75, 3.05) is 21.3 Å². The van der Waals surface area contributed by atoms with E-state index in [9.17, 15) is 0 Å². The van der Waals surface area contributed by atoms with Crippen LogP contribution in [-0.2, 0) is 0 Å². The zero-order chi connectivity index (χ0) is 12.4. The van der Waals surface area contributed by atoms with E-state index < -0.39 is 0 Å². The molecule has 1 N–H and O–H groups in total. The fourth-order valence-corrected chi connectivity index (χ4v) is 2.50. The maximum absolute atomic E-state index is 5.48. The molecule has 17 heavy (non-hydrogen) atoms. The van der Waals surface area contributed by atoms with E-state index in [-0.39, 0.29) is 0 Å². The van der Waals surface area contributed by atoms with Gasteiger partial charge in [0.05, 0.1) is 14.2 Å². The molecule has 2 rings (SSSR count). The van der Waals surface area contributed by atoms with E-state index in [4.69, 9.17) is 9.47 Å². The lowest BCUT2D eigenvalue weighted by Gasteiger charge is -2.36. The minimum atomic E-state index is 0.594. The molecule has 0 saturated heterocycles. The summed E-state index contributed by atoms with van der Waals surface area (Å²) in [6.07, 6.45) is 2.36.